The number of methoxy groups -OCH3 is 1. The summed E-state index contributed by atoms with van der Waals surface area (Å²) in [4.78, 5) is 15.5. The highest BCUT2D eigenvalue weighted by molar-refractivity contribution is 5.99. The summed E-state index contributed by atoms with van der Waals surface area (Å²) in [5, 5.41) is 2.66. The summed E-state index contributed by atoms with van der Waals surface area (Å²) in [6, 6.07) is 10.6. The van der Waals surface area contributed by atoms with Crippen molar-refractivity contribution in [1.29, 1.82) is 0 Å². The smallest absolute Gasteiger partial charge is 0.450 e. The van der Waals surface area contributed by atoms with Crippen molar-refractivity contribution in [2.24, 2.45) is 0 Å². The lowest BCUT2D eigenvalue weighted by molar-refractivity contribution is -0.145. The van der Waals surface area contributed by atoms with Crippen LogP contribution >= 0.6 is 0 Å². The molecule has 3 rings (SSSR count). The van der Waals surface area contributed by atoms with Gasteiger partial charge in [0.05, 0.1) is 18.1 Å². The Hall–Kier alpha value is -3.29. The molecule has 5 nitrogen and oxygen atoms in total. The number of halogens is 3. The fourth-order valence-electron chi connectivity index (χ4n) is 2.77. The number of alkyl halides is 3. The van der Waals surface area contributed by atoms with Gasteiger partial charge in [0.2, 0.25) is 11.7 Å². The zero-order valence-corrected chi connectivity index (χ0v) is 15.5. The predicted octanol–water partition coefficient (Wildman–Crippen LogP) is 4.96. The van der Waals surface area contributed by atoms with Crippen molar-refractivity contribution in [3.8, 4) is 11.4 Å². The number of benzene rings is 2. The Bertz CT molecular complexity index is 1050. The van der Waals surface area contributed by atoms with Gasteiger partial charge in [-0.25, -0.2) is 4.98 Å². The number of imidazole rings is 1. The fourth-order valence-corrected chi connectivity index (χ4v) is 2.77. The van der Waals surface area contributed by atoms with Gasteiger partial charge < -0.3 is 10.1 Å². The largest absolute Gasteiger partial charge is 0.497 e. The first kappa shape index (κ1) is 19.5. The van der Waals surface area contributed by atoms with Crippen LogP contribution < -0.4 is 10.1 Å². The molecule has 2 aromatic carbocycles. The van der Waals surface area contributed by atoms with Crippen molar-refractivity contribution < 1.29 is 22.7 Å². The zero-order chi connectivity index (χ0) is 20.5. The van der Waals surface area contributed by atoms with E-state index in [4.69, 9.17) is 4.74 Å². The fraction of sp³-hybridized carbons (Fsp3) is 0.200. The van der Waals surface area contributed by atoms with Gasteiger partial charge in [-0.1, -0.05) is 5.57 Å². The van der Waals surface area contributed by atoms with Crippen LogP contribution in [0.2, 0.25) is 0 Å². The molecule has 1 amide bonds. The van der Waals surface area contributed by atoms with E-state index in [0.717, 1.165) is 10.1 Å². The number of hydrogen-bond acceptors (Lipinski definition) is 3. The maximum absolute atomic E-state index is 13.5. The lowest BCUT2D eigenvalue weighted by Crippen LogP contribution is -2.14. The number of allylic oxidation sites excluding steroid dienone is 1. The van der Waals surface area contributed by atoms with E-state index < -0.39 is 12.0 Å². The molecule has 0 bridgehead atoms. The van der Waals surface area contributed by atoms with E-state index in [-0.39, 0.29) is 17.1 Å². The third-order valence-electron chi connectivity index (χ3n) is 3.93. The van der Waals surface area contributed by atoms with Crippen molar-refractivity contribution in [1.82, 2.24) is 9.55 Å². The molecule has 0 atom stereocenters. The van der Waals surface area contributed by atoms with E-state index in [1.165, 1.54) is 37.5 Å². The van der Waals surface area contributed by atoms with E-state index in [0.29, 0.717) is 17.0 Å². The van der Waals surface area contributed by atoms with Crippen LogP contribution in [0, 0.1) is 0 Å². The molecule has 0 radical (unpaired) electrons. The van der Waals surface area contributed by atoms with Crippen molar-refractivity contribution >= 4 is 22.6 Å². The molecule has 28 heavy (non-hydrogen) atoms. The Morgan fingerprint density at radius 2 is 1.82 bits per heavy atom. The monoisotopic (exact) mass is 389 g/mol. The second-order valence-corrected chi connectivity index (χ2v) is 6.38. The molecule has 1 heterocycles. The lowest BCUT2D eigenvalue weighted by Gasteiger charge is -2.12. The normalized spacial score (nSPS) is 11.4. The molecule has 0 fully saturated rings. The molecule has 3 aromatic rings. The topological polar surface area (TPSA) is 56.1 Å². The van der Waals surface area contributed by atoms with Crippen molar-refractivity contribution in [3.63, 3.8) is 0 Å². The van der Waals surface area contributed by atoms with Gasteiger partial charge in [0.1, 0.15) is 5.75 Å². The van der Waals surface area contributed by atoms with Gasteiger partial charge in [0, 0.05) is 23.5 Å². The average molecular weight is 389 g/mol. The standard InChI is InChI=1S/C20H18F3N3O2/c1-12(2)10-18(27)24-13-4-6-14(7-5-13)26-17-9-8-15(28-3)11-16(17)25-19(26)20(21,22)23/h4-11H,1-3H3,(H,24,27). The third kappa shape index (κ3) is 4.00. The molecule has 146 valence electrons. The molecule has 0 saturated carbocycles. The number of fused-ring (bicyclic) bond motifs is 1. The van der Waals surface area contributed by atoms with Crippen LogP contribution in [0.25, 0.3) is 16.7 Å². The number of aromatic nitrogens is 2. The van der Waals surface area contributed by atoms with Crippen LogP contribution in [0.5, 0.6) is 5.75 Å². The summed E-state index contributed by atoms with van der Waals surface area (Å²) in [5.41, 5.74) is 2.07. The van der Waals surface area contributed by atoms with Gasteiger partial charge >= 0.3 is 6.18 Å². The maximum atomic E-state index is 13.5. The summed E-state index contributed by atoms with van der Waals surface area (Å²) < 4.78 is 46.8. The number of carbonyl (C=O) groups excluding carboxylic acids is 1. The molecular formula is C20H18F3N3O2. The van der Waals surface area contributed by atoms with Crippen molar-refractivity contribution in [3.05, 3.63) is 59.9 Å². The number of carbonyl (C=O) groups is 1. The number of anilines is 1. The first-order chi connectivity index (χ1) is 13.2. The average Bonchev–Trinajstić information content (AvgIpc) is 3.00. The summed E-state index contributed by atoms with van der Waals surface area (Å²) in [6.07, 6.45) is -3.20. The molecule has 1 aromatic heterocycles. The first-order valence-corrected chi connectivity index (χ1v) is 8.39. The number of nitrogens with zero attached hydrogens (tertiary/aromatic N) is 2. The van der Waals surface area contributed by atoms with Crippen LogP contribution in [-0.4, -0.2) is 22.6 Å². The lowest BCUT2D eigenvalue weighted by atomic mass is 10.2. The van der Waals surface area contributed by atoms with E-state index in [2.05, 4.69) is 10.3 Å². The van der Waals surface area contributed by atoms with E-state index >= 15 is 0 Å². The Labute approximate surface area is 159 Å². The van der Waals surface area contributed by atoms with Crippen LogP contribution in [0.4, 0.5) is 18.9 Å². The van der Waals surface area contributed by atoms with E-state index in [9.17, 15) is 18.0 Å². The van der Waals surface area contributed by atoms with E-state index in [1.807, 2.05) is 0 Å². The minimum Gasteiger partial charge on any atom is -0.497 e. The second kappa shape index (κ2) is 7.38. The van der Waals surface area contributed by atoms with Crippen molar-refractivity contribution in [2.75, 3.05) is 12.4 Å². The van der Waals surface area contributed by atoms with Gasteiger partial charge in [-0.15, -0.1) is 0 Å². The summed E-state index contributed by atoms with van der Waals surface area (Å²) in [7, 11) is 1.44. The minimum atomic E-state index is -4.64. The molecular weight excluding hydrogens is 371 g/mol. The Balaban J connectivity index is 2.05. The quantitative estimate of drug-likeness (QED) is 0.642. The molecule has 0 saturated heterocycles. The molecule has 0 unspecified atom stereocenters. The Morgan fingerprint density at radius 1 is 1.14 bits per heavy atom. The van der Waals surface area contributed by atoms with Crippen molar-refractivity contribution in [2.45, 2.75) is 20.0 Å². The molecule has 8 heteroatoms. The van der Waals surface area contributed by atoms with Gasteiger partial charge in [-0.3, -0.25) is 9.36 Å². The predicted molar refractivity (Wildman–Crippen MR) is 101 cm³/mol. The minimum absolute atomic E-state index is 0.174. The molecule has 0 spiro atoms. The van der Waals surface area contributed by atoms with Gasteiger partial charge in [0.25, 0.3) is 0 Å². The molecule has 1 N–H and O–H groups in total. The van der Waals surface area contributed by atoms with Crippen LogP contribution in [0.15, 0.2) is 54.1 Å². The number of amides is 1. The SMILES string of the molecule is COc1ccc2c(c1)nc(C(F)(F)F)n2-c1ccc(NC(=O)C=C(C)C)cc1. The van der Waals surface area contributed by atoms with Gasteiger partial charge in [-0.05, 0) is 50.2 Å². The Morgan fingerprint density at radius 3 is 2.39 bits per heavy atom. The highest BCUT2D eigenvalue weighted by Crippen LogP contribution is 2.35. The van der Waals surface area contributed by atoms with Gasteiger partial charge in [-0.2, -0.15) is 13.2 Å². The summed E-state index contributed by atoms with van der Waals surface area (Å²) >= 11 is 0. The third-order valence-corrected chi connectivity index (χ3v) is 3.93. The number of nitrogens with one attached hydrogen (secondary N) is 1. The summed E-state index contributed by atoms with van der Waals surface area (Å²) in [6.45, 7) is 3.58. The molecule has 0 aliphatic rings. The molecule has 0 aliphatic carbocycles. The first-order valence-electron chi connectivity index (χ1n) is 8.39. The van der Waals surface area contributed by atoms with Crippen LogP contribution in [0.3, 0.4) is 0 Å². The van der Waals surface area contributed by atoms with Crippen LogP contribution in [0.1, 0.15) is 19.7 Å². The second-order valence-electron chi connectivity index (χ2n) is 6.38. The van der Waals surface area contributed by atoms with Crippen LogP contribution in [-0.2, 0) is 11.0 Å². The number of ether oxygens (including phenoxy) is 1. The van der Waals surface area contributed by atoms with E-state index in [1.54, 1.807) is 32.0 Å². The zero-order valence-electron chi connectivity index (χ0n) is 15.5. The molecule has 0 aliphatic heterocycles. The number of rotatable bonds is 4. The Kier molecular flexibility index (Phi) is 5.13. The van der Waals surface area contributed by atoms with Gasteiger partial charge in [0.15, 0.2) is 0 Å². The maximum Gasteiger partial charge on any atom is 0.450 e. The summed E-state index contributed by atoms with van der Waals surface area (Å²) in [5.74, 6) is -0.913. The highest BCUT2D eigenvalue weighted by Gasteiger charge is 2.38. The number of hydrogen-bond donors (Lipinski definition) is 1. The highest BCUT2D eigenvalue weighted by atomic mass is 19.4.